The first-order chi connectivity index (χ1) is 12.1. The molecule has 2 aromatic rings. The molecule has 0 radical (unpaired) electrons. The molecule has 0 atom stereocenters. The largest absolute Gasteiger partial charge is 0.490 e. The van der Waals surface area contributed by atoms with E-state index in [1.165, 1.54) is 18.2 Å². The van der Waals surface area contributed by atoms with E-state index in [0.717, 1.165) is 0 Å². The van der Waals surface area contributed by atoms with Crippen LogP contribution >= 0.6 is 0 Å². The van der Waals surface area contributed by atoms with Gasteiger partial charge in [-0.3, -0.25) is 4.79 Å². The number of carbonyl (C=O) groups excluding carboxylic acids is 2. The summed E-state index contributed by atoms with van der Waals surface area (Å²) in [4.78, 5) is 23.3. The molecule has 2 aromatic carbocycles. The number of hydrogen-bond acceptors (Lipinski definition) is 5. The number of benzene rings is 2. The number of carbonyl (C=O) groups is 2. The van der Waals surface area contributed by atoms with Gasteiger partial charge in [-0.25, -0.2) is 9.18 Å². The summed E-state index contributed by atoms with van der Waals surface area (Å²) in [6.45, 7) is 1.38. The number of anilines is 1. The minimum Gasteiger partial charge on any atom is -0.490 e. The molecule has 1 N–H and O–H groups in total. The van der Waals surface area contributed by atoms with Crippen LogP contribution in [0.5, 0.6) is 11.5 Å². The topological polar surface area (TPSA) is 73.9 Å². The van der Waals surface area contributed by atoms with Gasteiger partial charge in [0.2, 0.25) is 0 Å². The molecule has 2 rings (SSSR count). The van der Waals surface area contributed by atoms with Crippen LogP contribution in [-0.4, -0.2) is 31.7 Å². The molecule has 6 nitrogen and oxygen atoms in total. The summed E-state index contributed by atoms with van der Waals surface area (Å²) in [6.07, 6.45) is 0. The van der Waals surface area contributed by atoms with Crippen LogP contribution in [0.15, 0.2) is 48.5 Å². The van der Waals surface area contributed by atoms with Gasteiger partial charge in [0.1, 0.15) is 5.82 Å². The average molecular weight is 347 g/mol. The van der Waals surface area contributed by atoms with E-state index in [1.807, 2.05) is 6.92 Å². The van der Waals surface area contributed by atoms with Gasteiger partial charge in [0, 0.05) is 0 Å². The van der Waals surface area contributed by atoms with E-state index in [4.69, 9.17) is 14.2 Å². The Labute approximate surface area is 144 Å². The van der Waals surface area contributed by atoms with E-state index in [-0.39, 0.29) is 12.3 Å². The van der Waals surface area contributed by atoms with Gasteiger partial charge < -0.3 is 19.5 Å². The highest BCUT2D eigenvalue weighted by Crippen LogP contribution is 2.26. The monoisotopic (exact) mass is 347 g/mol. The number of nitrogens with one attached hydrogen (secondary N) is 1. The summed E-state index contributed by atoms with van der Waals surface area (Å²) < 4.78 is 28.9. The maximum atomic E-state index is 13.4. The number of halogens is 1. The van der Waals surface area contributed by atoms with Gasteiger partial charge in [-0.05, 0) is 31.2 Å². The quantitative estimate of drug-likeness (QED) is 0.743. The van der Waals surface area contributed by atoms with E-state index in [1.54, 1.807) is 30.3 Å². The summed E-state index contributed by atoms with van der Waals surface area (Å²) in [5.74, 6) is -1.03. The minimum absolute atomic E-state index is 0.0189. The molecular formula is C18H18FNO5. The van der Waals surface area contributed by atoms with Crippen LogP contribution in [0.4, 0.5) is 10.1 Å². The van der Waals surface area contributed by atoms with Crippen LogP contribution in [0.2, 0.25) is 0 Å². The van der Waals surface area contributed by atoms with E-state index < -0.39 is 24.3 Å². The number of esters is 1. The van der Waals surface area contributed by atoms with Gasteiger partial charge >= 0.3 is 5.97 Å². The fourth-order valence-electron chi connectivity index (χ4n) is 1.92. The lowest BCUT2D eigenvalue weighted by Crippen LogP contribution is -2.24. The van der Waals surface area contributed by atoms with Crippen LogP contribution in [0, 0.1) is 5.82 Å². The summed E-state index contributed by atoms with van der Waals surface area (Å²) in [5, 5.41) is 2.31. The van der Waals surface area contributed by atoms with Crippen molar-refractivity contribution in [1.29, 1.82) is 0 Å². The normalized spacial score (nSPS) is 10.0. The SMILES string of the molecule is CCOc1ccccc1OCC(=O)OCC(=O)Nc1ccccc1F. The van der Waals surface area contributed by atoms with Crippen molar-refractivity contribution in [3.05, 3.63) is 54.3 Å². The highest BCUT2D eigenvalue weighted by molar-refractivity contribution is 5.92. The van der Waals surface area contributed by atoms with Gasteiger partial charge in [-0.1, -0.05) is 24.3 Å². The Bertz CT molecular complexity index is 735. The molecule has 0 unspecified atom stereocenters. The predicted molar refractivity (Wildman–Crippen MR) is 89.1 cm³/mol. The van der Waals surface area contributed by atoms with Crippen molar-refractivity contribution in [3.8, 4) is 11.5 Å². The van der Waals surface area contributed by atoms with Crippen LogP contribution in [0.25, 0.3) is 0 Å². The summed E-state index contributed by atoms with van der Waals surface area (Å²) in [7, 11) is 0. The maximum Gasteiger partial charge on any atom is 0.344 e. The Balaban J connectivity index is 1.77. The highest BCUT2D eigenvalue weighted by Gasteiger charge is 2.12. The maximum absolute atomic E-state index is 13.4. The minimum atomic E-state index is -0.727. The van der Waals surface area contributed by atoms with Crippen molar-refractivity contribution in [1.82, 2.24) is 0 Å². The van der Waals surface area contributed by atoms with E-state index in [2.05, 4.69) is 5.32 Å². The number of hydrogen-bond donors (Lipinski definition) is 1. The summed E-state index contributed by atoms with van der Waals surface area (Å²) in [5.41, 5.74) is 0.0189. The Morgan fingerprint density at radius 2 is 1.60 bits per heavy atom. The molecule has 7 heteroatoms. The molecule has 0 aliphatic rings. The number of amides is 1. The molecule has 0 spiro atoms. The second kappa shape index (κ2) is 9.27. The highest BCUT2D eigenvalue weighted by atomic mass is 19.1. The van der Waals surface area contributed by atoms with Crippen molar-refractivity contribution >= 4 is 17.6 Å². The smallest absolute Gasteiger partial charge is 0.344 e. The lowest BCUT2D eigenvalue weighted by atomic mass is 10.3. The Kier molecular flexibility index (Phi) is 6.76. The lowest BCUT2D eigenvalue weighted by Gasteiger charge is -2.11. The summed E-state index contributed by atoms with van der Waals surface area (Å²) in [6, 6.07) is 12.6. The van der Waals surface area contributed by atoms with Gasteiger partial charge in [0.15, 0.2) is 24.7 Å². The second-order valence-electron chi connectivity index (χ2n) is 4.86. The molecule has 0 heterocycles. The molecule has 0 bridgehead atoms. The van der Waals surface area contributed by atoms with Crippen molar-refractivity contribution in [2.24, 2.45) is 0 Å². The standard InChI is InChI=1S/C18H18FNO5/c1-2-23-15-9-5-6-10-16(15)24-12-18(22)25-11-17(21)20-14-8-4-3-7-13(14)19/h3-10H,2,11-12H2,1H3,(H,20,21). The van der Waals surface area contributed by atoms with E-state index in [9.17, 15) is 14.0 Å². The van der Waals surface area contributed by atoms with Crippen LogP contribution in [0.3, 0.4) is 0 Å². The zero-order chi connectivity index (χ0) is 18.1. The molecule has 0 saturated heterocycles. The molecule has 0 fully saturated rings. The fraction of sp³-hybridized carbons (Fsp3) is 0.222. The molecule has 1 amide bonds. The van der Waals surface area contributed by atoms with Crippen LogP contribution < -0.4 is 14.8 Å². The number of para-hydroxylation sites is 3. The Morgan fingerprint density at radius 3 is 2.28 bits per heavy atom. The van der Waals surface area contributed by atoms with Crippen LogP contribution in [-0.2, 0) is 14.3 Å². The first-order valence-electron chi connectivity index (χ1n) is 7.64. The third-order valence-corrected chi connectivity index (χ3v) is 3.01. The zero-order valence-electron chi connectivity index (χ0n) is 13.7. The summed E-state index contributed by atoms with van der Waals surface area (Å²) >= 11 is 0. The van der Waals surface area contributed by atoms with Crippen molar-refractivity contribution in [2.45, 2.75) is 6.92 Å². The van der Waals surface area contributed by atoms with Gasteiger partial charge in [0.05, 0.1) is 12.3 Å². The number of ether oxygens (including phenoxy) is 3. The molecule has 0 aromatic heterocycles. The first kappa shape index (κ1) is 18.3. The van der Waals surface area contributed by atoms with Crippen LogP contribution in [0.1, 0.15) is 6.92 Å². The molecule has 0 saturated carbocycles. The molecule has 132 valence electrons. The van der Waals surface area contributed by atoms with E-state index in [0.29, 0.717) is 18.1 Å². The third-order valence-electron chi connectivity index (χ3n) is 3.01. The van der Waals surface area contributed by atoms with Gasteiger partial charge in [-0.15, -0.1) is 0 Å². The van der Waals surface area contributed by atoms with Crippen molar-refractivity contribution in [2.75, 3.05) is 25.1 Å². The average Bonchev–Trinajstić information content (AvgIpc) is 2.61. The second-order valence-corrected chi connectivity index (χ2v) is 4.86. The number of rotatable bonds is 8. The lowest BCUT2D eigenvalue weighted by molar-refractivity contribution is -0.149. The first-order valence-corrected chi connectivity index (χ1v) is 7.64. The molecule has 0 aliphatic carbocycles. The molecule has 0 aliphatic heterocycles. The Hall–Kier alpha value is -3.09. The zero-order valence-corrected chi connectivity index (χ0v) is 13.7. The molecule has 25 heavy (non-hydrogen) atoms. The van der Waals surface area contributed by atoms with Crippen molar-refractivity contribution < 1.29 is 28.2 Å². The predicted octanol–water partition coefficient (Wildman–Crippen LogP) is 2.79. The Morgan fingerprint density at radius 1 is 0.960 bits per heavy atom. The third kappa shape index (κ3) is 5.80. The van der Waals surface area contributed by atoms with Gasteiger partial charge in [-0.2, -0.15) is 0 Å². The van der Waals surface area contributed by atoms with Crippen molar-refractivity contribution in [3.63, 3.8) is 0 Å². The molecular weight excluding hydrogens is 329 g/mol. The van der Waals surface area contributed by atoms with Gasteiger partial charge in [0.25, 0.3) is 5.91 Å². The fourth-order valence-corrected chi connectivity index (χ4v) is 1.92. The van der Waals surface area contributed by atoms with E-state index >= 15 is 0 Å².